The minimum absolute atomic E-state index is 0.0221. The number of thioether (sulfide) groups is 1. The van der Waals surface area contributed by atoms with Crippen molar-refractivity contribution in [3.63, 3.8) is 0 Å². The maximum atomic E-state index is 13.0. The zero-order valence-corrected chi connectivity index (χ0v) is 19.6. The first-order valence-electron chi connectivity index (χ1n) is 11.7. The Balaban J connectivity index is 1.22. The summed E-state index contributed by atoms with van der Waals surface area (Å²) in [5.41, 5.74) is 0.671. The summed E-state index contributed by atoms with van der Waals surface area (Å²) in [7, 11) is 0. The molecule has 2 aromatic carbocycles. The summed E-state index contributed by atoms with van der Waals surface area (Å²) in [6, 6.07) is 19.0. The van der Waals surface area contributed by atoms with Crippen LogP contribution in [0, 0.1) is 0 Å². The number of carbonyl (C=O) groups is 3. The van der Waals surface area contributed by atoms with E-state index in [0.29, 0.717) is 17.9 Å². The van der Waals surface area contributed by atoms with Crippen LogP contribution in [0.2, 0.25) is 0 Å². The Kier molecular flexibility index (Phi) is 8.05. The topological polar surface area (TPSA) is 78.5 Å². The number of rotatable bonds is 7. The Hall–Kier alpha value is -2.80. The third-order valence-electron chi connectivity index (χ3n) is 6.43. The minimum Gasteiger partial charge on any atom is -0.352 e. The smallest absolute Gasteiger partial charge is 0.251 e. The van der Waals surface area contributed by atoms with Crippen molar-refractivity contribution in [1.82, 2.24) is 15.5 Å². The van der Waals surface area contributed by atoms with Crippen LogP contribution in [-0.4, -0.2) is 53.0 Å². The first-order valence-corrected chi connectivity index (χ1v) is 12.7. The van der Waals surface area contributed by atoms with Gasteiger partial charge in [0.05, 0.1) is 5.75 Å². The molecule has 0 radical (unpaired) electrons. The van der Waals surface area contributed by atoms with E-state index in [1.807, 2.05) is 60.7 Å². The second-order valence-corrected chi connectivity index (χ2v) is 9.79. The van der Waals surface area contributed by atoms with E-state index in [0.717, 1.165) is 43.4 Å². The molecule has 0 aromatic heterocycles. The molecule has 6 nitrogen and oxygen atoms in total. The molecule has 1 aliphatic heterocycles. The summed E-state index contributed by atoms with van der Waals surface area (Å²) in [5, 5.41) is 6.28. The van der Waals surface area contributed by atoms with Gasteiger partial charge in [0.15, 0.2) is 0 Å². The van der Waals surface area contributed by atoms with Crippen LogP contribution in [0.5, 0.6) is 0 Å². The van der Waals surface area contributed by atoms with Crippen LogP contribution in [0.4, 0.5) is 0 Å². The second-order valence-electron chi connectivity index (χ2n) is 8.74. The van der Waals surface area contributed by atoms with E-state index in [1.165, 1.54) is 11.8 Å². The zero-order chi connectivity index (χ0) is 23.0. The number of nitrogens with one attached hydrogen (secondary N) is 2. The minimum atomic E-state index is -0.371. The molecule has 3 amide bonds. The fourth-order valence-electron chi connectivity index (χ4n) is 4.62. The second kappa shape index (κ2) is 11.4. The number of hydrogen-bond donors (Lipinski definition) is 2. The molecule has 0 spiro atoms. The van der Waals surface area contributed by atoms with Gasteiger partial charge in [-0.1, -0.05) is 36.4 Å². The molecule has 0 unspecified atom stereocenters. The van der Waals surface area contributed by atoms with E-state index in [4.69, 9.17) is 0 Å². The molecule has 33 heavy (non-hydrogen) atoms. The Morgan fingerprint density at radius 1 is 0.818 bits per heavy atom. The number of hydrogen-bond acceptors (Lipinski definition) is 4. The average molecular weight is 466 g/mol. The van der Waals surface area contributed by atoms with Crippen molar-refractivity contribution in [2.45, 2.75) is 61.5 Å². The lowest BCUT2D eigenvalue weighted by Crippen LogP contribution is -2.51. The lowest BCUT2D eigenvalue weighted by atomic mass is 9.90. The standard InChI is InChI=1S/C26H31N3O3S/c30-24(18-33-22-10-5-2-6-11-22)29-17-7-12-23(29)26(32)28-21-15-13-20(14-16-21)27-25(31)19-8-3-1-4-9-19/h1-6,8-11,20-21,23H,7,12-18H2,(H,27,31)(H,28,32)/t20?,21?,23-/m1/s1. The quantitative estimate of drug-likeness (QED) is 0.612. The van der Waals surface area contributed by atoms with E-state index in [2.05, 4.69) is 10.6 Å². The molecule has 2 aromatic rings. The number of benzene rings is 2. The van der Waals surface area contributed by atoms with E-state index in [9.17, 15) is 14.4 Å². The molecular weight excluding hydrogens is 434 g/mol. The highest BCUT2D eigenvalue weighted by atomic mass is 32.2. The van der Waals surface area contributed by atoms with Gasteiger partial charge in [-0.15, -0.1) is 11.8 Å². The van der Waals surface area contributed by atoms with E-state index < -0.39 is 0 Å². The van der Waals surface area contributed by atoms with Crippen LogP contribution >= 0.6 is 11.8 Å². The third kappa shape index (κ3) is 6.38. The number of likely N-dealkylation sites (tertiary alicyclic amines) is 1. The molecule has 174 valence electrons. The zero-order valence-electron chi connectivity index (χ0n) is 18.7. The van der Waals surface area contributed by atoms with Gasteiger partial charge in [0, 0.05) is 29.1 Å². The normalized spacial score (nSPS) is 22.5. The van der Waals surface area contributed by atoms with Gasteiger partial charge in [-0.2, -0.15) is 0 Å². The molecule has 2 aliphatic rings. The van der Waals surface area contributed by atoms with Gasteiger partial charge in [-0.05, 0) is 62.8 Å². The summed E-state index contributed by atoms with van der Waals surface area (Å²) >= 11 is 1.51. The van der Waals surface area contributed by atoms with E-state index >= 15 is 0 Å². The largest absolute Gasteiger partial charge is 0.352 e. The number of amides is 3. The van der Waals surface area contributed by atoms with Crippen molar-refractivity contribution in [1.29, 1.82) is 0 Å². The third-order valence-corrected chi connectivity index (χ3v) is 7.42. The molecule has 1 saturated heterocycles. The molecular formula is C26H31N3O3S. The van der Waals surface area contributed by atoms with Gasteiger partial charge in [-0.25, -0.2) is 0 Å². The number of nitrogens with zero attached hydrogens (tertiary/aromatic N) is 1. The fraction of sp³-hybridized carbons (Fsp3) is 0.423. The Morgan fingerprint density at radius 3 is 2.09 bits per heavy atom. The first-order chi connectivity index (χ1) is 16.1. The highest BCUT2D eigenvalue weighted by Gasteiger charge is 2.35. The van der Waals surface area contributed by atoms with Gasteiger partial charge < -0.3 is 15.5 Å². The molecule has 4 rings (SSSR count). The molecule has 2 fully saturated rings. The summed E-state index contributed by atoms with van der Waals surface area (Å²) < 4.78 is 0. The molecule has 1 heterocycles. The maximum Gasteiger partial charge on any atom is 0.251 e. The van der Waals surface area contributed by atoms with Crippen LogP contribution < -0.4 is 10.6 Å². The lowest BCUT2D eigenvalue weighted by Gasteiger charge is -2.31. The van der Waals surface area contributed by atoms with Crippen molar-refractivity contribution < 1.29 is 14.4 Å². The molecule has 2 N–H and O–H groups in total. The van der Waals surface area contributed by atoms with Crippen molar-refractivity contribution >= 4 is 29.5 Å². The molecule has 7 heteroatoms. The predicted octanol–water partition coefficient (Wildman–Crippen LogP) is 3.63. The van der Waals surface area contributed by atoms with Crippen LogP contribution in [0.1, 0.15) is 48.9 Å². The summed E-state index contributed by atoms with van der Waals surface area (Å²) in [5.74, 6) is 0.285. The van der Waals surface area contributed by atoms with Crippen molar-refractivity contribution in [2.75, 3.05) is 12.3 Å². The summed E-state index contributed by atoms with van der Waals surface area (Å²) in [4.78, 5) is 40.9. The molecule has 1 aliphatic carbocycles. The monoisotopic (exact) mass is 465 g/mol. The maximum absolute atomic E-state index is 13.0. The van der Waals surface area contributed by atoms with Crippen molar-refractivity contribution in [3.05, 3.63) is 66.2 Å². The fourth-order valence-corrected chi connectivity index (χ4v) is 5.43. The van der Waals surface area contributed by atoms with Crippen molar-refractivity contribution in [2.24, 2.45) is 0 Å². The Labute approximate surface area is 199 Å². The highest BCUT2D eigenvalue weighted by molar-refractivity contribution is 8.00. The van der Waals surface area contributed by atoms with Gasteiger partial charge in [0.1, 0.15) is 6.04 Å². The van der Waals surface area contributed by atoms with Gasteiger partial charge in [0.25, 0.3) is 5.91 Å². The van der Waals surface area contributed by atoms with Gasteiger partial charge in [-0.3, -0.25) is 14.4 Å². The number of carbonyl (C=O) groups excluding carboxylic acids is 3. The molecule has 1 saturated carbocycles. The van der Waals surface area contributed by atoms with Crippen molar-refractivity contribution in [3.8, 4) is 0 Å². The van der Waals surface area contributed by atoms with Crippen LogP contribution in [-0.2, 0) is 9.59 Å². The first kappa shape index (κ1) is 23.4. The SMILES string of the molecule is O=C(NC1CCC(NC(=O)[C@H]2CCCN2C(=O)CSc2ccccc2)CC1)c1ccccc1. The van der Waals surface area contributed by atoms with Crippen LogP contribution in [0.25, 0.3) is 0 Å². The van der Waals surface area contributed by atoms with Crippen LogP contribution in [0.15, 0.2) is 65.6 Å². The Morgan fingerprint density at radius 2 is 1.42 bits per heavy atom. The van der Waals surface area contributed by atoms with E-state index in [-0.39, 0.29) is 35.8 Å². The van der Waals surface area contributed by atoms with Gasteiger partial charge >= 0.3 is 0 Å². The lowest BCUT2D eigenvalue weighted by molar-refractivity contribution is -0.137. The van der Waals surface area contributed by atoms with Crippen LogP contribution in [0.3, 0.4) is 0 Å². The van der Waals surface area contributed by atoms with E-state index in [1.54, 1.807) is 4.90 Å². The summed E-state index contributed by atoms with van der Waals surface area (Å²) in [6.45, 7) is 0.643. The van der Waals surface area contributed by atoms with Gasteiger partial charge in [0.2, 0.25) is 11.8 Å². The molecule has 0 bridgehead atoms. The molecule has 1 atom stereocenters. The highest BCUT2D eigenvalue weighted by Crippen LogP contribution is 2.24. The Bertz CT molecular complexity index is 946. The summed E-state index contributed by atoms with van der Waals surface area (Å²) in [6.07, 6.45) is 4.91. The average Bonchev–Trinajstić information content (AvgIpc) is 3.35. The predicted molar refractivity (Wildman–Crippen MR) is 130 cm³/mol.